The van der Waals surface area contributed by atoms with Crippen molar-refractivity contribution in [2.75, 3.05) is 23.0 Å². The summed E-state index contributed by atoms with van der Waals surface area (Å²) >= 11 is 5.97. The fourth-order valence-electron chi connectivity index (χ4n) is 2.59. The van der Waals surface area contributed by atoms with Gasteiger partial charge in [0.05, 0.1) is 24.7 Å². The Hall–Kier alpha value is -2.25. The van der Waals surface area contributed by atoms with Crippen LogP contribution in [0, 0.1) is 6.92 Å². The maximum Gasteiger partial charge on any atom is 0.248 e. The van der Waals surface area contributed by atoms with Crippen LogP contribution in [0.1, 0.15) is 12.5 Å². The first-order valence-corrected chi connectivity index (χ1v) is 10.1. The first kappa shape index (κ1) is 20.1. The van der Waals surface area contributed by atoms with Crippen LogP contribution in [0.3, 0.4) is 0 Å². The van der Waals surface area contributed by atoms with Gasteiger partial charge >= 0.3 is 0 Å². The lowest BCUT2D eigenvalue weighted by Crippen LogP contribution is -2.45. The van der Waals surface area contributed by atoms with Gasteiger partial charge in [0.25, 0.3) is 0 Å². The van der Waals surface area contributed by atoms with E-state index >= 15 is 0 Å². The summed E-state index contributed by atoms with van der Waals surface area (Å²) in [6, 6.07) is 10.8. The minimum Gasteiger partial charge on any atom is -0.495 e. The van der Waals surface area contributed by atoms with Crippen molar-refractivity contribution in [3.8, 4) is 5.75 Å². The molecule has 2 aromatic carbocycles. The van der Waals surface area contributed by atoms with Gasteiger partial charge in [-0.1, -0.05) is 23.7 Å². The molecule has 0 aliphatic carbocycles. The fraction of sp³-hybridized carbons (Fsp3) is 0.278. The zero-order chi connectivity index (χ0) is 19.5. The first-order valence-electron chi connectivity index (χ1n) is 7.84. The molecule has 0 saturated carbocycles. The molecule has 1 atom stereocenters. The standard InChI is InChI=1S/C18H21ClN2O4S/c1-12-6-5-7-15(10-12)21(26(4,23)24)13(2)18(22)20-16-11-14(19)8-9-17(16)25-3/h5-11,13H,1-4H3,(H,20,22)/t13-/m1/s1. The van der Waals surface area contributed by atoms with Crippen LogP contribution in [-0.4, -0.2) is 33.7 Å². The van der Waals surface area contributed by atoms with Crippen LogP contribution in [0.4, 0.5) is 11.4 Å². The zero-order valence-corrected chi connectivity index (χ0v) is 16.6. The summed E-state index contributed by atoms with van der Waals surface area (Å²) in [6.07, 6.45) is 1.07. The lowest BCUT2D eigenvalue weighted by atomic mass is 10.2. The molecular weight excluding hydrogens is 376 g/mol. The number of carbonyl (C=O) groups excluding carboxylic acids is 1. The van der Waals surface area contributed by atoms with E-state index in [1.165, 1.54) is 14.0 Å². The minimum atomic E-state index is -3.68. The second-order valence-corrected chi connectivity index (χ2v) is 8.20. The van der Waals surface area contributed by atoms with E-state index in [0.717, 1.165) is 16.1 Å². The predicted octanol–water partition coefficient (Wildman–Crippen LogP) is 3.45. The van der Waals surface area contributed by atoms with Crippen LogP contribution in [0.5, 0.6) is 5.75 Å². The van der Waals surface area contributed by atoms with Crippen molar-refractivity contribution in [2.24, 2.45) is 0 Å². The number of nitrogens with zero attached hydrogens (tertiary/aromatic N) is 1. The van der Waals surface area contributed by atoms with Gasteiger partial charge in [-0.05, 0) is 49.7 Å². The second kappa shape index (κ2) is 7.97. The largest absolute Gasteiger partial charge is 0.495 e. The van der Waals surface area contributed by atoms with Crippen molar-refractivity contribution in [3.63, 3.8) is 0 Å². The molecule has 140 valence electrons. The van der Waals surface area contributed by atoms with Crippen molar-refractivity contribution in [3.05, 3.63) is 53.1 Å². The topological polar surface area (TPSA) is 75.7 Å². The lowest BCUT2D eigenvalue weighted by molar-refractivity contribution is -0.116. The predicted molar refractivity (Wildman–Crippen MR) is 105 cm³/mol. The van der Waals surface area contributed by atoms with Crippen molar-refractivity contribution in [2.45, 2.75) is 19.9 Å². The first-order chi connectivity index (χ1) is 12.1. The molecule has 0 heterocycles. The summed E-state index contributed by atoms with van der Waals surface area (Å²) in [6.45, 7) is 3.38. The third-order valence-electron chi connectivity index (χ3n) is 3.76. The van der Waals surface area contributed by atoms with E-state index in [4.69, 9.17) is 16.3 Å². The monoisotopic (exact) mass is 396 g/mol. The van der Waals surface area contributed by atoms with Gasteiger partial charge in [-0.15, -0.1) is 0 Å². The van der Waals surface area contributed by atoms with Gasteiger partial charge in [0.15, 0.2) is 0 Å². The van der Waals surface area contributed by atoms with Crippen molar-refractivity contribution >= 4 is 38.9 Å². The maximum absolute atomic E-state index is 12.7. The highest BCUT2D eigenvalue weighted by Crippen LogP contribution is 2.29. The zero-order valence-electron chi connectivity index (χ0n) is 15.0. The van der Waals surface area contributed by atoms with Gasteiger partial charge in [0.2, 0.25) is 15.9 Å². The van der Waals surface area contributed by atoms with Crippen LogP contribution in [-0.2, 0) is 14.8 Å². The van der Waals surface area contributed by atoms with Gasteiger partial charge in [-0.3, -0.25) is 9.10 Å². The molecule has 0 saturated heterocycles. The lowest BCUT2D eigenvalue weighted by Gasteiger charge is -2.28. The summed E-state index contributed by atoms with van der Waals surface area (Å²) in [5.41, 5.74) is 1.68. The molecule has 6 nitrogen and oxygen atoms in total. The van der Waals surface area contributed by atoms with E-state index in [2.05, 4.69) is 5.32 Å². The molecule has 0 spiro atoms. The Labute approximate surface area is 158 Å². The number of amides is 1. The molecule has 0 bridgehead atoms. The highest BCUT2D eigenvalue weighted by molar-refractivity contribution is 7.92. The third kappa shape index (κ3) is 4.68. The van der Waals surface area contributed by atoms with Crippen molar-refractivity contribution in [1.82, 2.24) is 0 Å². The fourth-order valence-corrected chi connectivity index (χ4v) is 3.93. The highest BCUT2D eigenvalue weighted by Gasteiger charge is 2.29. The molecule has 8 heteroatoms. The van der Waals surface area contributed by atoms with E-state index in [-0.39, 0.29) is 0 Å². The summed E-state index contributed by atoms with van der Waals surface area (Å²) in [5.74, 6) is -0.0751. The average molecular weight is 397 g/mol. The molecule has 2 aromatic rings. The minimum absolute atomic E-state index is 0.370. The van der Waals surface area contributed by atoms with Crippen molar-refractivity contribution in [1.29, 1.82) is 0 Å². The van der Waals surface area contributed by atoms with E-state index in [0.29, 0.717) is 22.1 Å². The number of methoxy groups -OCH3 is 1. The van der Waals surface area contributed by atoms with Crippen LogP contribution < -0.4 is 14.4 Å². The summed E-state index contributed by atoms with van der Waals surface area (Å²) < 4.78 is 30.9. The molecule has 26 heavy (non-hydrogen) atoms. The van der Waals surface area contributed by atoms with E-state index < -0.39 is 22.0 Å². The molecule has 0 fully saturated rings. The Morgan fingerprint density at radius 1 is 1.23 bits per heavy atom. The number of benzene rings is 2. The Morgan fingerprint density at radius 3 is 2.50 bits per heavy atom. The maximum atomic E-state index is 12.7. The number of carbonyl (C=O) groups is 1. The number of hydrogen-bond donors (Lipinski definition) is 1. The van der Waals surface area contributed by atoms with E-state index in [1.54, 1.807) is 36.4 Å². The molecule has 1 N–H and O–H groups in total. The molecule has 1 amide bonds. The quantitative estimate of drug-likeness (QED) is 0.811. The van der Waals surface area contributed by atoms with E-state index in [9.17, 15) is 13.2 Å². The number of aryl methyl sites for hydroxylation is 1. The molecule has 0 aliphatic heterocycles. The summed E-state index contributed by atoms with van der Waals surface area (Å²) in [7, 11) is -2.21. The SMILES string of the molecule is COc1ccc(Cl)cc1NC(=O)[C@@H](C)N(c1cccc(C)c1)S(C)(=O)=O. The third-order valence-corrected chi connectivity index (χ3v) is 5.24. The molecule has 2 rings (SSSR count). The number of hydrogen-bond acceptors (Lipinski definition) is 4. The molecular formula is C18H21ClN2O4S. The van der Waals surface area contributed by atoms with Crippen molar-refractivity contribution < 1.29 is 17.9 Å². The Balaban J connectivity index is 2.36. The van der Waals surface area contributed by atoms with Crippen LogP contribution >= 0.6 is 11.6 Å². The number of nitrogens with one attached hydrogen (secondary N) is 1. The molecule has 0 aromatic heterocycles. The highest BCUT2D eigenvalue weighted by atomic mass is 35.5. The van der Waals surface area contributed by atoms with Gasteiger partial charge in [0, 0.05) is 5.02 Å². The van der Waals surface area contributed by atoms with Gasteiger partial charge in [-0.2, -0.15) is 0 Å². The van der Waals surface area contributed by atoms with E-state index in [1.807, 2.05) is 13.0 Å². The normalized spacial score (nSPS) is 12.3. The Kier molecular flexibility index (Phi) is 6.15. The smallest absolute Gasteiger partial charge is 0.248 e. The number of halogens is 1. The Bertz CT molecular complexity index is 915. The molecule has 0 aliphatic rings. The number of sulfonamides is 1. The molecule has 0 unspecified atom stereocenters. The number of rotatable bonds is 6. The van der Waals surface area contributed by atoms with Gasteiger partial charge in [-0.25, -0.2) is 8.42 Å². The Morgan fingerprint density at radius 2 is 1.92 bits per heavy atom. The number of ether oxygens (including phenoxy) is 1. The number of anilines is 2. The van der Waals surface area contributed by atoms with Gasteiger partial charge in [0.1, 0.15) is 11.8 Å². The van der Waals surface area contributed by atoms with Gasteiger partial charge < -0.3 is 10.1 Å². The molecule has 0 radical (unpaired) electrons. The van der Waals surface area contributed by atoms with Crippen LogP contribution in [0.25, 0.3) is 0 Å². The summed E-state index contributed by atoms with van der Waals surface area (Å²) in [4.78, 5) is 12.7. The van der Waals surface area contributed by atoms with Crippen LogP contribution in [0.2, 0.25) is 5.02 Å². The second-order valence-electron chi connectivity index (χ2n) is 5.91. The average Bonchev–Trinajstić information content (AvgIpc) is 2.54. The van der Waals surface area contributed by atoms with Crippen LogP contribution in [0.15, 0.2) is 42.5 Å². The summed E-state index contributed by atoms with van der Waals surface area (Å²) in [5, 5.41) is 3.11.